The van der Waals surface area contributed by atoms with Crippen molar-refractivity contribution >= 4 is 5.90 Å². The molecule has 4 nitrogen and oxygen atoms in total. The summed E-state index contributed by atoms with van der Waals surface area (Å²) in [6, 6.07) is 11.8. The summed E-state index contributed by atoms with van der Waals surface area (Å²) >= 11 is 0. The van der Waals surface area contributed by atoms with Crippen LogP contribution in [0, 0.1) is 11.3 Å². The van der Waals surface area contributed by atoms with Crippen LogP contribution in [-0.4, -0.2) is 17.7 Å². The van der Waals surface area contributed by atoms with E-state index in [4.69, 9.17) is 15.2 Å². The van der Waals surface area contributed by atoms with Gasteiger partial charge in [-0.2, -0.15) is 5.26 Å². The van der Waals surface area contributed by atoms with E-state index < -0.39 is 0 Å². The molecule has 0 aliphatic rings. The highest BCUT2D eigenvalue weighted by atomic mass is 16.5. The maximum Gasteiger partial charge on any atom is 0.222 e. The molecule has 0 fully saturated rings. The Morgan fingerprint density at radius 1 is 1.50 bits per heavy atom. The molecule has 1 unspecified atom stereocenters. The van der Waals surface area contributed by atoms with Gasteiger partial charge in [-0.25, -0.2) is 0 Å². The van der Waals surface area contributed by atoms with E-state index in [1.807, 2.05) is 30.3 Å². The van der Waals surface area contributed by atoms with E-state index in [2.05, 4.69) is 11.2 Å². The number of ether oxygens (including phenoxy) is 1. The second-order valence-electron chi connectivity index (χ2n) is 3.35. The van der Waals surface area contributed by atoms with Gasteiger partial charge in [0.15, 0.2) is 0 Å². The predicted molar refractivity (Wildman–Crippen MR) is 60.3 cm³/mol. The van der Waals surface area contributed by atoms with Gasteiger partial charge in [0.2, 0.25) is 5.90 Å². The molecule has 0 saturated carbocycles. The fourth-order valence-corrected chi connectivity index (χ4v) is 1.34. The maximum absolute atomic E-state index is 9.02. The molecule has 0 aliphatic carbocycles. The molecule has 1 atom stereocenters. The highest BCUT2D eigenvalue weighted by Crippen LogP contribution is 2.18. The normalized spacial score (nSPS) is 12.9. The van der Waals surface area contributed by atoms with Crippen molar-refractivity contribution in [1.82, 2.24) is 0 Å². The van der Waals surface area contributed by atoms with Crippen LogP contribution in [0.5, 0.6) is 0 Å². The Balaban J connectivity index is 2.49. The first-order valence-corrected chi connectivity index (χ1v) is 5.04. The molecule has 0 radical (unpaired) electrons. The highest BCUT2D eigenvalue weighted by Gasteiger charge is 2.09. The van der Waals surface area contributed by atoms with Crippen molar-refractivity contribution in [2.24, 2.45) is 5.16 Å². The number of hydrogen-bond acceptors (Lipinski definition) is 4. The van der Waals surface area contributed by atoms with Crippen molar-refractivity contribution in [3.05, 3.63) is 35.9 Å². The molecule has 0 saturated heterocycles. The average Bonchev–Trinajstić information content (AvgIpc) is 2.35. The Hall–Kier alpha value is -2.02. The van der Waals surface area contributed by atoms with Crippen molar-refractivity contribution in [2.75, 3.05) is 6.61 Å². The van der Waals surface area contributed by atoms with Crippen molar-refractivity contribution in [2.45, 2.75) is 19.3 Å². The van der Waals surface area contributed by atoms with Gasteiger partial charge >= 0.3 is 0 Å². The van der Waals surface area contributed by atoms with Gasteiger partial charge in [-0.05, 0) is 5.56 Å². The zero-order valence-electron chi connectivity index (χ0n) is 9.13. The molecule has 1 rings (SSSR count). The Labute approximate surface area is 94.8 Å². The van der Waals surface area contributed by atoms with Crippen LogP contribution >= 0.6 is 0 Å². The molecule has 1 aromatic carbocycles. The molecule has 1 aromatic rings. The summed E-state index contributed by atoms with van der Waals surface area (Å²) in [6.07, 6.45) is 0.577. The molecule has 0 spiro atoms. The third-order valence-electron chi connectivity index (χ3n) is 2.22. The molecule has 0 aliphatic heterocycles. The minimum Gasteiger partial charge on any atom is -0.479 e. The number of rotatable bonds is 4. The van der Waals surface area contributed by atoms with Crippen LogP contribution in [-0.2, 0) is 4.74 Å². The summed E-state index contributed by atoms with van der Waals surface area (Å²) in [7, 11) is 0. The number of nitrogens with zero attached hydrogens (tertiary/aromatic N) is 2. The lowest BCUT2D eigenvalue weighted by atomic mass is 9.98. The zero-order valence-corrected chi connectivity index (χ0v) is 9.13. The lowest BCUT2D eigenvalue weighted by molar-refractivity contribution is 0.247. The second kappa shape index (κ2) is 6.46. The molecule has 0 bridgehead atoms. The molecule has 16 heavy (non-hydrogen) atoms. The van der Waals surface area contributed by atoms with E-state index >= 15 is 0 Å². The highest BCUT2D eigenvalue weighted by molar-refractivity contribution is 5.72. The molecule has 1 N–H and O–H groups in total. The summed E-state index contributed by atoms with van der Waals surface area (Å²) in [5, 5.41) is 20.3. The lowest BCUT2D eigenvalue weighted by Gasteiger charge is -2.09. The molecular formula is C12H14N2O2. The zero-order chi connectivity index (χ0) is 11.8. The molecular weight excluding hydrogens is 204 g/mol. The van der Waals surface area contributed by atoms with E-state index in [9.17, 15) is 0 Å². The van der Waals surface area contributed by atoms with Crippen molar-refractivity contribution < 1.29 is 9.94 Å². The molecule has 0 aromatic heterocycles. The van der Waals surface area contributed by atoms with Crippen LogP contribution in [0.4, 0.5) is 0 Å². The van der Waals surface area contributed by atoms with Crippen molar-refractivity contribution in [1.29, 1.82) is 5.26 Å². The van der Waals surface area contributed by atoms with Gasteiger partial charge < -0.3 is 9.94 Å². The van der Waals surface area contributed by atoms with E-state index in [1.165, 1.54) is 0 Å². The number of oxime groups is 1. The molecule has 84 valence electrons. The van der Waals surface area contributed by atoms with Crippen LogP contribution in [0.2, 0.25) is 0 Å². The van der Waals surface area contributed by atoms with Crippen molar-refractivity contribution in [3.8, 4) is 6.07 Å². The molecule has 0 amide bonds. The minimum absolute atomic E-state index is 0.187. The van der Waals surface area contributed by atoms with Gasteiger partial charge in [0, 0.05) is 13.3 Å². The maximum atomic E-state index is 9.02. The average molecular weight is 218 g/mol. The number of nitriles is 1. The Bertz CT molecular complexity index is 382. The topological polar surface area (TPSA) is 65.6 Å². The van der Waals surface area contributed by atoms with E-state index in [0.29, 0.717) is 13.0 Å². The van der Waals surface area contributed by atoms with Gasteiger partial charge in [-0.15, -0.1) is 0 Å². The number of benzene rings is 1. The first-order valence-electron chi connectivity index (χ1n) is 5.04. The minimum atomic E-state index is -0.187. The van der Waals surface area contributed by atoms with E-state index in [1.54, 1.807) is 6.92 Å². The summed E-state index contributed by atoms with van der Waals surface area (Å²) < 4.78 is 5.09. The third kappa shape index (κ3) is 3.62. The van der Waals surface area contributed by atoms with Crippen LogP contribution in [0.25, 0.3) is 0 Å². The Morgan fingerprint density at radius 3 is 2.75 bits per heavy atom. The van der Waals surface area contributed by atoms with Crippen LogP contribution in [0.1, 0.15) is 24.8 Å². The van der Waals surface area contributed by atoms with Gasteiger partial charge in [0.1, 0.15) is 0 Å². The summed E-state index contributed by atoms with van der Waals surface area (Å²) in [5.74, 6) is 0.0254. The van der Waals surface area contributed by atoms with Crippen molar-refractivity contribution in [3.63, 3.8) is 0 Å². The smallest absolute Gasteiger partial charge is 0.222 e. The first-order chi connectivity index (χ1) is 7.77. The van der Waals surface area contributed by atoms with Gasteiger partial charge in [-0.1, -0.05) is 35.5 Å². The third-order valence-corrected chi connectivity index (χ3v) is 2.22. The number of hydrogen-bond donors (Lipinski definition) is 1. The fourth-order valence-electron chi connectivity index (χ4n) is 1.34. The summed E-state index contributed by atoms with van der Waals surface area (Å²) in [4.78, 5) is 0. The first kappa shape index (κ1) is 12.1. The van der Waals surface area contributed by atoms with Gasteiger partial charge in [0.05, 0.1) is 18.6 Å². The van der Waals surface area contributed by atoms with Crippen LogP contribution < -0.4 is 0 Å². The predicted octanol–water partition coefficient (Wildman–Crippen LogP) is 2.51. The van der Waals surface area contributed by atoms with Gasteiger partial charge in [-0.3, -0.25) is 0 Å². The van der Waals surface area contributed by atoms with Crippen LogP contribution in [0.3, 0.4) is 0 Å². The lowest BCUT2D eigenvalue weighted by Crippen LogP contribution is -2.05. The quantitative estimate of drug-likeness (QED) is 0.365. The monoisotopic (exact) mass is 218 g/mol. The molecule has 4 heteroatoms. The van der Waals surface area contributed by atoms with Crippen LogP contribution in [0.15, 0.2) is 35.5 Å². The Kier molecular flexibility index (Phi) is 4.87. The summed E-state index contributed by atoms with van der Waals surface area (Å²) in [6.45, 7) is 1.92. The second-order valence-corrected chi connectivity index (χ2v) is 3.35. The SMILES string of the molecule is CC(=NO)OCCC(C#N)c1ccccc1. The van der Waals surface area contributed by atoms with E-state index in [-0.39, 0.29) is 11.8 Å². The largest absolute Gasteiger partial charge is 0.479 e. The van der Waals surface area contributed by atoms with Gasteiger partial charge in [0.25, 0.3) is 0 Å². The Morgan fingerprint density at radius 2 is 2.19 bits per heavy atom. The molecule has 0 heterocycles. The fraction of sp³-hybridized carbons (Fsp3) is 0.333. The summed E-state index contributed by atoms with van der Waals surface area (Å²) in [5.41, 5.74) is 0.979. The standard InChI is InChI=1S/C12H14N2O2/c1-10(14-15)16-8-7-12(9-13)11-5-3-2-4-6-11/h2-6,12,15H,7-8H2,1H3. The van der Waals surface area contributed by atoms with E-state index in [0.717, 1.165) is 5.56 Å².